The molecule has 3 rings (SSSR count). The second-order valence-corrected chi connectivity index (χ2v) is 4.29. The first kappa shape index (κ1) is 9.59. The van der Waals surface area contributed by atoms with Gasteiger partial charge in [-0.25, -0.2) is 4.68 Å². The molecule has 0 saturated heterocycles. The molecular weight excluding hydrogens is 226 g/mol. The van der Waals surface area contributed by atoms with E-state index in [2.05, 4.69) is 15.5 Å². The van der Waals surface area contributed by atoms with E-state index in [0.717, 1.165) is 18.4 Å². The van der Waals surface area contributed by atoms with Crippen LogP contribution < -0.4 is 5.73 Å². The molecule has 1 aliphatic rings. The van der Waals surface area contributed by atoms with E-state index >= 15 is 0 Å². The van der Waals surface area contributed by atoms with Gasteiger partial charge in [0.25, 0.3) is 0 Å². The number of aromatic nitrogens is 4. The van der Waals surface area contributed by atoms with Gasteiger partial charge in [0, 0.05) is 5.69 Å². The molecule has 1 heterocycles. The SMILES string of the molecule is Nc1cccc(Cl)c1-c1nnnn1C1CC1. The van der Waals surface area contributed by atoms with Crippen molar-refractivity contribution in [3.63, 3.8) is 0 Å². The van der Waals surface area contributed by atoms with Gasteiger partial charge in [-0.15, -0.1) is 5.10 Å². The maximum Gasteiger partial charge on any atom is 0.185 e. The maximum atomic E-state index is 6.13. The van der Waals surface area contributed by atoms with Gasteiger partial charge in [0.1, 0.15) is 0 Å². The molecule has 0 atom stereocenters. The molecule has 0 aliphatic heterocycles. The normalized spacial score (nSPS) is 15.3. The van der Waals surface area contributed by atoms with Gasteiger partial charge < -0.3 is 5.73 Å². The van der Waals surface area contributed by atoms with Crippen molar-refractivity contribution in [1.82, 2.24) is 20.2 Å². The van der Waals surface area contributed by atoms with Gasteiger partial charge in [-0.1, -0.05) is 17.7 Å². The molecule has 6 heteroatoms. The van der Waals surface area contributed by atoms with Crippen LogP contribution in [0.15, 0.2) is 18.2 Å². The van der Waals surface area contributed by atoms with Crippen molar-refractivity contribution < 1.29 is 0 Å². The molecule has 1 saturated carbocycles. The van der Waals surface area contributed by atoms with Gasteiger partial charge in [0.05, 0.1) is 16.6 Å². The van der Waals surface area contributed by atoms with Crippen LogP contribution in [0.3, 0.4) is 0 Å². The second kappa shape index (κ2) is 3.45. The zero-order valence-corrected chi connectivity index (χ0v) is 9.22. The quantitative estimate of drug-likeness (QED) is 0.808. The third kappa shape index (κ3) is 1.44. The number of hydrogen-bond donors (Lipinski definition) is 1. The standard InChI is InChI=1S/C10H10ClN5/c11-7-2-1-3-8(12)9(7)10-13-14-15-16(10)6-4-5-6/h1-3,6H,4-5,12H2. The summed E-state index contributed by atoms with van der Waals surface area (Å²) in [6, 6.07) is 5.80. The van der Waals surface area contributed by atoms with E-state index in [1.165, 1.54) is 0 Å². The predicted octanol–water partition coefficient (Wildman–Crippen LogP) is 1.91. The molecule has 0 unspecified atom stereocenters. The van der Waals surface area contributed by atoms with Gasteiger partial charge in [0.15, 0.2) is 5.82 Å². The summed E-state index contributed by atoms with van der Waals surface area (Å²) in [5.74, 6) is 0.658. The summed E-state index contributed by atoms with van der Waals surface area (Å²) in [4.78, 5) is 0. The van der Waals surface area contributed by atoms with Crippen molar-refractivity contribution in [3.05, 3.63) is 23.2 Å². The Morgan fingerprint density at radius 3 is 2.88 bits per heavy atom. The van der Waals surface area contributed by atoms with Gasteiger partial charge in [0.2, 0.25) is 0 Å². The Balaban J connectivity index is 2.17. The molecule has 2 aromatic rings. The summed E-state index contributed by atoms with van der Waals surface area (Å²) in [7, 11) is 0. The minimum Gasteiger partial charge on any atom is -0.398 e. The highest BCUT2D eigenvalue weighted by atomic mass is 35.5. The summed E-state index contributed by atoms with van der Waals surface area (Å²) in [6.45, 7) is 0. The summed E-state index contributed by atoms with van der Waals surface area (Å²) < 4.78 is 1.80. The fourth-order valence-electron chi connectivity index (χ4n) is 1.70. The van der Waals surface area contributed by atoms with Gasteiger partial charge in [-0.05, 0) is 35.4 Å². The lowest BCUT2D eigenvalue weighted by atomic mass is 10.1. The average molecular weight is 236 g/mol. The fraction of sp³-hybridized carbons (Fsp3) is 0.300. The highest BCUT2D eigenvalue weighted by Crippen LogP contribution is 2.39. The molecule has 82 valence electrons. The van der Waals surface area contributed by atoms with Crippen LogP contribution in [0.2, 0.25) is 5.02 Å². The Labute approximate surface area is 97.2 Å². The molecule has 0 radical (unpaired) electrons. The highest BCUT2D eigenvalue weighted by molar-refractivity contribution is 6.33. The first-order valence-corrected chi connectivity index (χ1v) is 5.47. The van der Waals surface area contributed by atoms with Crippen LogP contribution in [-0.2, 0) is 0 Å². The maximum absolute atomic E-state index is 6.13. The minimum atomic E-state index is 0.403. The van der Waals surface area contributed by atoms with E-state index in [1.807, 2.05) is 6.07 Å². The number of rotatable bonds is 2. The summed E-state index contributed by atoms with van der Waals surface area (Å²) in [6.07, 6.45) is 2.23. The van der Waals surface area contributed by atoms with Crippen molar-refractivity contribution in [2.45, 2.75) is 18.9 Å². The van der Waals surface area contributed by atoms with Crippen molar-refractivity contribution in [3.8, 4) is 11.4 Å². The Kier molecular flexibility index (Phi) is 2.07. The number of halogens is 1. The van der Waals surface area contributed by atoms with Crippen LogP contribution in [0.25, 0.3) is 11.4 Å². The topological polar surface area (TPSA) is 69.6 Å². The number of hydrogen-bond acceptors (Lipinski definition) is 4. The first-order chi connectivity index (χ1) is 7.77. The number of tetrazole rings is 1. The Morgan fingerprint density at radius 1 is 1.38 bits per heavy atom. The lowest BCUT2D eigenvalue weighted by Gasteiger charge is -2.07. The molecule has 0 amide bonds. The molecule has 2 N–H and O–H groups in total. The smallest absolute Gasteiger partial charge is 0.185 e. The van der Waals surface area contributed by atoms with Crippen LogP contribution in [0, 0.1) is 0 Å². The van der Waals surface area contributed by atoms with Crippen LogP contribution in [0.4, 0.5) is 5.69 Å². The molecule has 5 nitrogen and oxygen atoms in total. The molecule has 0 spiro atoms. The zero-order valence-electron chi connectivity index (χ0n) is 8.47. The molecule has 0 bridgehead atoms. The van der Waals surface area contributed by atoms with Crippen LogP contribution in [0.1, 0.15) is 18.9 Å². The second-order valence-electron chi connectivity index (χ2n) is 3.88. The Hall–Kier alpha value is -1.62. The number of anilines is 1. The van der Waals surface area contributed by atoms with Gasteiger partial charge >= 0.3 is 0 Å². The predicted molar refractivity (Wildman–Crippen MR) is 60.9 cm³/mol. The average Bonchev–Trinajstić information content (AvgIpc) is 2.99. The van der Waals surface area contributed by atoms with E-state index in [-0.39, 0.29) is 0 Å². The molecule has 1 aromatic heterocycles. The minimum absolute atomic E-state index is 0.403. The van der Waals surface area contributed by atoms with E-state index in [0.29, 0.717) is 22.6 Å². The van der Waals surface area contributed by atoms with Gasteiger partial charge in [-0.2, -0.15) is 0 Å². The van der Waals surface area contributed by atoms with Crippen molar-refractivity contribution in [2.75, 3.05) is 5.73 Å². The van der Waals surface area contributed by atoms with Crippen LogP contribution >= 0.6 is 11.6 Å². The fourth-order valence-corrected chi connectivity index (χ4v) is 1.97. The van der Waals surface area contributed by atoms with Crippen LogP contribution in [-0.4, -0.2) is 20.2 Å². The largest absolute Gasteiger partial charge is 0.398 e. The summed E-state index contributed by atoms with van der Waals surface area (Å²) >= 11 is 6.13. The van der Waals surface area contributed by atoms with Crippen molar-refractivity contribution >= 4 is 17.3 Å². The molecule has 1 aromatic carbocycles. The molecule has 1 aliphatic carbocycles. The Morgan fingerprint density at radius 2 is 2.19 bits per heavy atom. The Bertz CT molecular complexity index is 512. The lowest BCUT2D eigenvalue weighted by Crippen LogP contribution is -2.02. The van der Waals surface area contributed by atoms with E-state index in [9.17, 15) is 0 Å². The molecule has 16 heavy (non-hydrogen) atoms. The summed E-state index contributed by atoms with van der Waals surface area (Å²) in [5.41, 5.74) is 7.23. The summed E-state index contributed by atoms with van der Waals surface area (Å²) in [5, 5.41) is 12.3. The monoisotopic (exact) mass is 235 g/mol. The molecule has 1 fully saturated rings. The number of nitrogens with two attached hydrogens (primary N) is 1. The number of benzene rings is 1. The van der Waals surface area contributed by atoms with Crippen molar-refractivity contribution in [1.29, 1.82) is 0 Å². The van der Waals surface area contributed by atoms with Crippen LogP contribution in [0.5, 0.6) is 0 Å². The van der Waals surface area contributed by atoms with E-state index in [4.69, 9.17) is 17.3 Å². The zero-order chi connectivity index (χ0) is 11.1. The van der Waals surface area contributed by atoms with E-state index in [1.54, 1.807) is 16.8 Å². The molecular formula is C10H10ClN5. The van der Waals surface area contributed by atoms with E-state index < -0.39 is 0 Å². The highest BCUT2D eigenvalue weighted by Gasteiger charge is 2.29. The van der Waals surface area contributed by atoms with Gasteiger partial charge in [-0.3, -0.25) is 0 Å². The van der Waals surface area contributed by atoms with Crippen molar-refractivity contribution in [2.24, 2.45) is 0 Å². The third-order valence-electron chi connectivity index (χ3n) is 2.66. The number of nitrogen functional groups attached to an aromatic ring is 1. The number of nitrogens with zero attached hydrogens (tertiary/aromatic N) is 4. The first-order valence-electron chi connectivity index (χ1n) is 5.09. The lowest BCUT2D eigenvalue weighted by molar-refractivity contribution is 0.615. The third-order valence-corrected chi connectivity index (χ3v) is 2.97.